The van der Waals surface area contributed by atoms with Crippen LogP contribution in [0.5, 0.6) is 0 Å². The van der Waals surface area contributed by atoms with Crippen molar-refractivity contribution >= 4 is 21.4 Å². The van der Waals surface area contributed by atoms with Crippen LogP contribution in [0.15, 0.2) is 21.7 Å². The summed E-state index contributed by atoms with van der Waals surface area (Å²) in [6.07, 6.45) is 1.72. The van der Waals surface area contributed by atoms with Gasteiger partial charge in [0.25, 0.3) is 10.0 Å². The number of methoxy groups -OCH3 is 1. The smallest absolute Gasteiger partial charge is 0.252 e. The van der Waals surface area contributed by atoms with Gasteiger partial charge in [-0.3, -0.25) is 0 Å². The van der Waals surface area contributed by atoms with Crippen molar-refractivity contribution in [2.24, 2.45) is 5.92 Å². The average molecular weight is 319 g/mol. The van der Waals surface area contributed by atoms with Crippen LogP contribution in [-0.2, 0) is 19.5 Å². The molecule has 1 fully saturated rings. The van der Waals surface area contributed by atoms with Gasteiger partial charge in [-0.05, 0) is 30.2 Å². The van der Waals surface area contributed by atoms with Gasteiger partial charge in [-0.25, -0.2) is 8.42 Å². The molecule has 5 nitrogen and oxygen atoms in total. The Bertz CT molecular complexity index is 478. The molecule has 2 rings (SSSR count). The molecule has 1 aromatic heterocycles. The van der Waals surface area contributed by atoms with Crippen LogP contribution >= 0.6 is 11.3 Å². The van der Waals surface area contributed by atoms with Gasteiger partial charge in [0, 0.05) is 26.8 Å². The lowest BCUT2D eigenvalue weighted by Gasteiger charge is -2.30. The fraction of sp³-hybridized carbons (Fsp3) is 0.692. The van der Waals surface area contributed by atoms with E-state index < -0.39 is 10.0 Å². The van der Waals surface area contributed by atoms with Crippen LogP contribution in [0, 0.1) is 5.92 Å². The largest absolute Gasteiger partial charge is 0.382 e. The third-order valence-electron chi connectivity index (χ3n) is 3.45. The number of ether oxygens (including phenoxy) is 2. The molecule has 0 unspecified atom stereocenters. The van der Waals surface area contributed by atoms with E-state index in [1.165, 1.54) is 11.3 Å². The highest BCUT2D eigenvalue weighted by Crippen LogP contribution is 2.26. The van der Waals surface area contributed by atoms with Crippen LogP contribution in [0.1, 0.15) is 12.8 Å². The second-order valence-corrected chi connectivity index (χ2v) is 7.96. The number of nitrogens with zero attached hydrogens (tertiary/aromatic N) is 1. The predicted octanol–water partition coefficient (Wildman–Crippen LogP) is 1.81. The number of sulfonamides is 1. The zero-order chi connectivity index (χ0) is 14.4. The van der Waals surface area contributed by atoms with Crippen molar-refractivity contribution in [2.75, 3.05) is 40.0 Å². The van der Waals surface area contributed by atoms with E-state index >= 15 is 0 Å². The van der Waals surface area contributed by atoms with Gasteiger partial charge in [-0.15, -0.1) is 11.3 Å². The first kappa shape index (κ1) is 15.9. The van der Waals surface area contributed by atoms with E-state index in [1.807, 2.05) is 0 Å². The summed E-state index contributed by atoms with van der Waals surface area (Å²) >= 11 is 1.28. The van der Waals surface area contributed by atoms with Gasteiger partial charge in [0.05, 0.1) is 13.2 Å². The first-order valence-electron chi connectivity index (χ1n) is 6.75. The van der Waals surface area contributed by atoms with Crippen molar-refractivity contribution in [1.29, 1.82) is 0 Å². The maximum Gasteiger partial charge on any atom is 0.252 e. The zero-order valence-electron chi connectivity index (χ0n) is 11.7. The highest BCUT2D eigenvalue weighted by Gasteiger charge is 2.29. The molecule has 1 aliphatic heterocycles. The Morgan fingerprint density at radius 3 is 2.70 bits per heavy atom. The summed E-state index contributed by atoms with van der Waals surface area (Å²) in [6, 6.07) is 3.44. The van der Waals surface area contributed by atoms with Crippen molar-refractivity contribution in [3.63, 3.8) is 0 Å². The quantitative estimate of drug-likeness (QED) is 0.719. The van der Waals surface area contributed by atoms with Gasteiger partial charge in [0.2, 0.25) is 0 Å². The van der Waals surface area contributed by atoms with Gasteiger partial charge in [-0.2, -0.15) is 4.31 Å². The Morgan fingerprint density at radius 1 is 1.35 bits per heavy atom. The minimum Gasteiger partial charge on any atom is -0.382 e. The molecule has 0 aliphatic carbocycles. The number of thiophene rings is 1. The zero-order valence-corrected chi connectivity index (χ0v) is 13.3. The molecule has 0 radical (unpaired) electrons. The monoisotopic (exact) mass is 319 g/mol. The fourth-order valence-electron chi connectivity index (χ4n) is 2.25. The maximum atomic E-state index is 12.3. The highest BCUT2D eigenvalue weighted by atomic mass is 32.2. The summed E-state index contributed by atoms with van der Waals surface area (Å²) in [4.78, 5) is 0. The van der Waals surface area contributed by atoms with Gasteiger partial charge >= 0.3 is 0 Å². The van der Waals surface area contributed by atoms with E-state index in [9.17, 15) is 8.42 Å². The van der Waals surface area contributed by atoms with E-state index in [-0.39, 0.29) is 0 Å². The first-order valence-corrected chi connectivity index (χ1v) is 9.07. The van der Waals surface area contributed by atoms with Crippen molar-refractivity contribution in [3.8, 4) is 0 Å². The Hall–Kier alpha value is -0.470. The van der Waals surface area contributed by atoms with Gasteiger partial charge in [0.15, 0.2) is 0 Å². The molecule has 2 heterocycles. The molecule has 0 N–H and O–H groups in total. The van der Waals surface area contributed by atoms with Crippen molar-refractivity contribution in [1.82, 2.24) is 4.31 Å². The van der Waals surface area contributed by atoms with Crippen LogP contribution in [0.25, 0.3) is 0 Å². The fourth-order valence-corrected chi connectivity index (χ4v) is 4.86. The third kappa shape index (κ3) is 4.02. The van der Waals surface area contributed by atoms with E-state index in [2.05, 4.69) is 0 Å². The van der Waals surface area contributed by atoms with Crippen LogP contribution < -0.4 is 0 Å². The Balaban J connectivity index is 1.79. The second-order valence-electron chi connectivity index (χ2n) is 4.85. The third-order valence-corrected chi connectivity index (χ3v) is 6.72. The van der Waals surface area contributed by atoms with Gasteiger partial charge in [-0.1, -0.05) is 6.07 Å². The molecule has 0 spiro atoms. The van der Waals surface area contributed by atoms with E-state index in [0.717, 1.165) is 12.8 Å². The summed E-state index contributed by atoms with van der Waals surface area (Å²) < 4.78 is 37.1. The van der Waals surface area contributed by atoms with Crippen molar-refractivity contribution in [3.05, 3.63) is 17.5 Å². The lowest BCUT2D eigenvalue weighted by atomic mass is 9.99. The van der Waals surface area contributed by atoms with Crippen LogP contribution in [0.3, 0.4) is 0 Å². The molecule has 114 valence electrons. The summed E-state index contributed by atoms with van der Waals surface area (Å²) in [5.74, 6) is 0.446. The lowest BCUT2D eigenvalue weighted by molar-refractivity contribution is 0.0410. The standard InChI is InChI=1S/C13H21NO4S2/c1-17-8-9-18-11-12-4-6-14(7-5-12)20(15,16)13-3-2-10-19-13/h2-3,10,12H,4-9,11H2,1H3. The second kappa shape index (κ2) is 7.51. The maximum absolute atomic E-state index is 12.3. The SMILES string of the molecule is COCCOCC1CCN(S(=O)(=O)c2cccs2)CC1. The number of hydrogen-bond donors (Lipinski definition) is 0. The molecule has 0 atom stereocenters. The van der Waals surface area contributed by atoms with Crippen molar-refractivity contribution < 1.29 is 17.9 Å². The summed E-state index contributed by atoms with van der Waals surface area (Å²) in [6.45, 7) is 3.06. The Kier molecular flexibility index (Phi) is 5.98. The molecular weight excluding hydrogens is 298 g/mol. The Morgan fingerprint density at radius 2 is 2.10 bits per heavy atom. The number of piperidine rings is 1. The molecule has 0 bridgehead atoms. The Labute approximate surface area is 124 Å². The lowest BCUT2D eigenvalue weighted by Crippen LogP contribution is -2.39. The predicted molar refractivity (Wildman–Crippen MR) is 78.5 cm³/mol. The summed E-state index contributed by atoms with van der Waals surface area (Å²) in [5.41, 5.74) is 0. The molecule has 1 saturated heterocycles. The number of rotatable bonds is 7. The minimum absolute atomic E-state index is 0.437. The van der Waals surface area contributed by atoms with Crippen LogP contribution in [0.2, 0.25) is 0 Å². The molecule has 0 saturated carbocycles. The van der Waals surface area contributed by atoms with E-state index in [1.54, 1.807) is 28.9 Å². The van der Waals surface area contributed by atoms with Gasteiger partial charge < -0.3 is 9.47 Å². The molecule has 1 aliphatic rings. The van der Waals surface area contributed by atoms with Crippen LogP contribution in [-0.4, -0.2) is 52.7 Å². The average Bonchev–Trinajstić information content (AvgIpc) is 2.99. The normalized spacial score (nSPS) is 18.4. The van der Waals surface area contributed by atoms with Crippen molar-refractivity contribution in [2.45, 2.75) is 17.1 Å². The molecular formula is C13H21NO4S2. The molecule has 1 aromatic rings. The number of hydrogen-bond acceptors (Lipinski definition) is 5. The summed E-state index contributed by atoms with van der Waals surface area (Å²) in [7, 11) is -1.63. The molecule has 20 heavy (non-hydrogen) atoms. The van der Waals surface area contributed by atoms with Crippen LogP contribution in [0.4, 0.5) is 0 Å². The molecule has 0 aromatic carbocycles. The first-order chi connectivity index (χ1) is 9.64. The minimum atomic E-state index is -3.28. The topological polar surface area (TPSA) is 55.8 Å². The van der Waals surface area contributed by atoms with Gasteiger partial charge in [0.1, 0.15) is 4.21 Å². The summed E-state index contributed by atoms with van der Waals surface area (Å²) in [5, 5.41) is 1.79. The van der Waals surface area contributed by atoms with E-state index in [4.69, 9.17) is 9.47 Å². The highest BCUT2D eigenvalue weighted by molar-refractivity contribution is 7.91. The molecule has 7 heteroatoms. The van der Waals surface area contributed by atoms with E-state index in [0.29, 0.717) is 43.0 Å². The molecule has 0 amide bonds.